The summed E-state index contributed by atoms with van der Waals surface area (Å²) in [5.74, 6) is 1.56. The summed E-state index contributed by atoms with van der Waals surface area (Å²) in [5, 5.41) is 0. The Bertz CT molecular complexity index is 688. The average molecular weight is 379 g/mol. The van der Waals surface area contributed by atoms with E-state index < -0.39 is 0 Å². The number of hydrogen-bond acceptors (Lipinski definition) is 6. The molecular weight excluding hydrogens is 356 g/mol. The maximum Gasteiger partial charge on any atom is 0.266 e. The molecule has 25 heavy (non-hydrogen) atoms. The molecule has 3 heterocycles. The molecule has 3 fully saturated rings. The van der Waals surface area contributed by atoms with Crippen LogP contribution in [0.3, 0.4) is 0 Å². The minimum absolute atomic E-state index is 0.0335. The summed E-state index contributed by atoms with van der Waals surface area (Å²) >= 11 is 6.86. The first-order valence-electron chi connectivity index (χ1n) is 8.92. The summed E-state index contributed by atoms with van der Waals surface area (Å²) in [6, 6.07) is 4.14. The average Bonchev–Trinajstić information content (AvgIpc) is 3.22. The number of ether oxygens (including phenoxy) is 1. The molecule has 0 spiro atoms. The number of amides is 1. The van der Waals surface area contributed by atoms with Gasteiger partial charge in [-0.15, -0.1) is 0 Å². The fraction of sp³-hybridized carbons (Fsp3) is 0.556. The van der Waals surface area contributed by atoms with Gasteiger partial charge >= 0.3 is 0 Å². The van der Waals surface area contributed by atoms with E-state index >= 15 is 0 Å². The maximum absolute atomic E-state index is 12.8. The van der Waals surface area contributed by atoms with Gasteiger partial charge in [0.25, 0.3) is 5.91 Å². The van der Waals surface area contributed by atoms with Crippen LogP contribution in [0.5, 0.6) is 0 Å². The highest BCUT2D eigenvalue weighted by atomic mass is 32.2. The van der Waals surface area contributed by atoms with Gasteiger partial charge in [0.2, 0.25) is 0 Å². The van der Waals surface area contributed by atoms with Crippen molar-refractivity contribution in [1.82, 2.24) is 4.90 Å². The van der Waals surface area contributed by atoms with Gasteiger partial charge in [-0.1, -0.05) is 43.2 Å². The normalized spacial score (nSPS) is 24.6. The van der Waals surface area contributed by atoms with Crippen LogP contribution in [-0.2, 0) is 9.53 Å². The van der Waals surface area contributed by atoms with Gasteiger partial charge in [-0.2, -0.15) is 0 Å². The number of thiocarbonyl (C=S) groups is 1. The van der Waals surface area contributed by atoms with Gasteiger partial charge in [-0.25, -0.2) is 0 Å². The number of morpholine rings is 1. The Morgan fingerprint density at radius 1 is 1.16 bits per heavy atom. The van der Waals surface area contributed by atoms with Crippen molar-refractivity contribution >= 4 is 46.2 Å². The van der Waals surface area contributed by atoms with E-state index in [1.807, 2.05) is 23.1 Å². The first-order chi connectivity index (χ1) is 12.2. The van der Waals surface area contributed by atoms with Crippen LogP contribution in [-0.4, -0.2) is 47.5 Å². The monoisotopic (exact) mass is 378 g/mol. The van der Waals surface area contributed by atoms with Gasteiger partial charge in [-0.3, -0.25) is 9.69 Å². The SMILES string of the molecule is O=C1/C(=C/c2ccc(N3CCOCC3)o2)SC(=S)N1C1CCCCC1. The third kappa shape index (κ3) is 3.64. The Balaban J connectivity index is 1.49. The topological polar surface area (TPSA) is 45.9 Å². The zero-order chi connectivity index (χ0) is 17.2. The molecule has 7 heteroatoms. The Labute approximate surface area is 157 Å². The van der Waals surface area contributed by atoms with Gasteiger partial charge in [0.1, 0.15) is 10.1 Å². The van der Waals surface area contributed by atoms with Gasteiger partial charge in [-0.05, 0) is 18.9 Å². The summed E-state index contributed by atoms with van der Waals surface area (Å²) in [4.78, 5) is 17.5. The quantitative estimate of drug-likeness (QED) is 0.591. The van der Waals surface area contributed by atoms with E-state index in [1.165, 1.54) is 31.0 Å². The lowest BCUT2D eigenvalue weighted by Gasteiger charge is -2.29. The van der Waals surface area contributed by atoms with E-state index in [0.29, 0.717) is 15.0 Å². The summed E-state index contributed by atoms with van der Waals surface area (Å²) in [7, 11) is 0. The highest BCUT2D eigenvalue weighted by Gasteiger charge is 2.37. The third-order valence-corrected chi connectivity index (χ3v) is 6.30. The largest absolute Gasteiger partial charge is 0.441 e. The molecule has 0 N–H and O–H groups in total. The standard InChI is InChI=1S/C18H22N2O3S2/c21-17-15(25-18(24)20(17)13-4-2-1-3-5-13)12-14-6-7-16(23-14)19-8-10-22-11-9-19/h6-7,12-13H,1-5,8-11H2/b15-12-. The Morgan fingerprint density at radius 3 is 2.68 bits per heavy atom. The number of furan rings is 1. The van der Waals surface area contributed by atoms with Crippen LogP contribution in [0, 0.1) is 0 Å². The molecule has 2 saturated heterocycles. The molecule has 2 aliphatic heterocycles. The summed E-state index contributed by atoms with van der Waals surface area (Å²) < 4.78 is 12.0. The fourth-order valence-electron chi connectivity index (χ4n) is 3.64. The molecule has 1 saturated carbocycles. The lowest BCUT2D eigenvalue weighted by Crippen LogP contribution is -2.39. The zero-order valence-corrected chi connectivity index (χ0v) is 15.7. The number of thioether (sulfide) groups is 1. The number of anilines is 1. The van der Waals surface area contributed by atoms with E-state index in [4.69, 9.17) is 21.4 Å². The molecule has 1 aromatic heterocycles. The highest BCUT2D eigenvalue weighted by molar-refractivity contribution is 8.26. The highest BCUT2D eigenvalue weighted by Crippen LogP contribution is 2.37. The van der Waals surface area contributed by atoms with Crippen molar-refractivity contribution in [1.29, 1.82) is 0 Å². The van der Waals surface area contributed by atoms with Crippen molar-refractivity contribution < 1.29 is 13.9 Å². The Morgan fingerprint density at radius 2 is 1.92 bits per heavy atom. The van der Waals surface area contributed by atoms with E-state index in [-0.39, 0.29) is 11.9 Å². The van der Waals surface area contributed by atoms with Crippen molar-refractivity contribution in [2.24, 2.45) is 0 Å². The molecule has 0 unspecified atom stereocenters. The van der Waals surface area contributed by atoms with Crippen molar-refractivity contribution in [3.63, 3.8) is 0 Å². The molecule has 5 nitrogen and oxygen atoms in total. The number of rotatable bonds is 3. The molecule has 0 radical (unpaired) electrons. The van der Waals surface area contributed by atoms with Crippen LogP contribution in [0.2, 0.25) is 0 Å². The molecule has 3 aliphatic rings. The molecule has 1 amide bonds. The fourth-order valence-corrected chi connectivity index (χ4v) is 5.02. The number of nitrogens with zero attached hydrogens (tertiary/aromatic N) is 2. The first-order valence-corrected chi connectivity index (χ1v) is 10.1. The van der Waals surface area contributed by atoms with Crippen LogP contribution in [0.4, 0.5) is 5.88 Å². The van der Waals surface area contributed by atoms with Crippen LogP contribution in [0.15, 0.2) is 21.5 Å². The van der Waals surface area contributed by atoms with Crippen molar-refractivity contribution in [2.75, 3.05) is 31.2 Å². The van der Waals surface area contributed by atoms with Gasteiger partial charge < -0.3 is 14.1 Å². The Kier molecular flexibility index (Phi) is 5.15. The molecule has 0 aromatic carbocycles. The molecule has 0 atom stereocenters. The summed E-state index contributed by atoms with van der Waals surface area (Å²) in [5.41, 5.74) is 0. The summed E-state index contributed by atoms with van der Waals surface area (Å²) in [6.45, 7) is 3.10. The Hall–Kier alpha value is -1.31. The van der Waals surface area contributed by atoms with E-state index in [2.05, 4.69) is 4.90 Å². The molecule has 0 bridgehead atoms. The van der Waals surface area contributed by atoms with E-state index in [9.17, 15) is 4.79 Å². The van der Waals surface area contributed by atoms with E-state index in [0.717, 1.165) is 45.0 Å². The van der Waals surface area contributed by atoms with Crippen molar-refractivity contribution in [3.8, 4) is 0 Å². The second kappa shape index (κ2) is 7.51. The minimum atomic E-state index is 0.0335. The van der Waals surface area contributed by atoms with Gasteiger partial charge in [0.15, 0.2) is 5.88 Å². The number of carbonyl (C=O) groups excluding carboxylic acids is 1. The predicted octanol–water partition coefficient (Wildman–Crippen LogP) is 3.65. The third-order valence-electron chi connectivity index (χ3n) is 4.97. The lowest BCUT2D eigenvalue weighted by atomic mass is 9.94. The molecule has 4 rings (SSSR count). The predicted molar refractivity (Wildman–Crippen MR) is 104 cm³/mol. The van der Waals surface area contributed by atoms with Crippen LogP contribution in [0.1, 0.15) is 37.9 Å². The maximum atomic E-state index is 12.8. The zero-order valence-electron chi connectivity index (χ0n) is 14.1. The second-order valence-corrected chi connectivity index (χ2v) is 8.29. The van der Waals surface area contributed by atoms with E-state index in [1.54, 1.807) is 0 Å². The van der Waals surface area contributed by atoms with Crippen LogP contribution in [0.25, 0.3) is 6.08 Å². The molecule has 1 aliphatic carbocycles. The van der Waals surface area contributed by atoms with Gasteiger partial charge in [0, 0.05) is 31.3 Å². The first kappa shape index (κ1) is 17.1. The second-order valence-electron chi connectivity index (χ2n) is 6.62. The van der Waals surface area contributed by atoms with Crippen LogP contribution >= 0.6 is 24.0 Å². The number of hydrogen-bond donors (Lipinski definition) is 0. The van der Waals surface area contributed by atoms with Crippen LogP contribution < -0.4 is 4.90 Å². The minimum Gasteiger partial charge on any atom is -0.441 e. The lowest BCUT2D eigenvalue weighted by molar-refractivity contribution is -0.124. The molecule has 134 valence electrons. The van der Waals surface area contributed by atoms with Crippen molar-refractivity contribution in [2.45, 2.75) is 38.1 Å². The molecule has 1 aromatic rings. The molecular formula is C18H22N2O3S2. The van der Waals surface area contributed by atoms with Crippen molar-refractivity contribution in [3.05, 3.63) is 22.8 Å². The summed E-state index contributed by atoms with van der Waals surface area (Å²) in [6.07, 6.45) is 7.57. The van der Waals surface area contributed by atoms with Gasteiger partial charge in [0.05, 0.1) is 18.1 Å². The number of carbonyl (C=O) groups is 1. The smallest absolute Gasteiger partial charge is 0.266 e.